The van der Waals surface area contributed by atoms with Crippen LogP contribution in [0.1, 0.15) is 19.2 Å². The van der Waals surface area contributed by atoms with Gasteiger partial charge < -0.3 is 0 Å². The topological polar surface area (TPSA) is 38.7 Å². The lowest BCUT2D eigenvalue weighted by molar-refractivity contribution is 0.747. The first kappa shape index (κ1) is 24.2. The normalized spacial score (nSPS) is 14.8. The van der Waals surface area contributed by atoms with Crippen molar-refractivity contribution in [3.05, 3.63) is 132 Å². The van der Waals surface area contributed by atoms with Crippen LogP contribution in [0.4, 0.5) is 0 Å². The second-order valence-electron chi connectivity index (χ2n) is 9.52. The SMILES string of the molecule is CC1CC=CC=C1c1nc(-c2ccc(-c3ccccc3)cc2)nc(-c2ccc(-c3cccc(Br)c3)cc2)n1. The molecule has 1 aliphatic carbocycles. The molecule has 1 atom stereocenters. The summed E-state index contributed by atoms with van der Waals surface area (Å²) in [5.41, 5.74) is 7.75. The van der Waals surface area contributed by atoms with E-state index in [4.69, 9.17) is 15.0 Å². The second-order valence-corrected chi connectivity index (χ2v) is 10.4. The largest absolute Gasteiger partial charge is 0.209 e. The number of aromatic nitrogens is 3. The number of nitrogens with zero attached hydrogens (tertiary/aromatic N) is 3. The summed E-state index contributed by atoms with van der Waals surface area (Å²) in [5, 5.41) is 0. The molecule has 0 N–H and O–H groups in total. The molecule has 1 aliphatic rings. The van der Waals surface area contributed by atoms with Crippen molar-refractivity contribution in [3.8, 4) is 45.0 Å². The molecule has 0 amide bonds. The molecule has 4 heteroatoms. The van der Waals surface area contributed by atoms with Crippen LogP contribution in [0.15, 0.2) is 126 Å². The quantitative estimate of drug-likeness (QED) is 0.217. The predicted molar refractivity (Wildman–Crippen MR) is 160 cm³/mol. The molecule has 3 nitrogen and oxygen atoms in total. The van der Waals surface area contributed by atoms with Crippen LogP contribution in [0.3, 0.4) is 0 Å². The molecule has 0 bridgehead atoms. The molecule has 5 aromatic rings. The first-order valence-electron chi connectivity index (χ1n) is 12.8. The lowest BCUT2D eigenvalue weighted by atomic mass is 9.92. The van der Waals surface area contributed by atoms with E-state index in [0.29, 0.717) is 17.6 Å². The molecular formula is C34H26BrN3. The third-order valence-electron chi connectivity index (χ3n) is 6.88. The van der Waals surface area contributed by atoms with E-state index in [0.717, 1.165) is 44.5 Å². The van der Waals surface area contributed by atoms with Gasteiger partial charge in [0.15, 0.2) is 17.5 Å². The van der Waals surface area contributed by atoms with E-state index in [2.05, 4.69) is 132 Å². The summed E-state index contributed by atoms with van der Waals surface area (Å²) in [4.78, 5) is 14.8. The van der Waals surface area contributed by atoms with Crippen LogP contribution >= 0.6 is 15.9 Å². The zero-order chi connectivity index (χ0) is 25.9. The molecular weight excluding hydrogens is 530 g/mol. The maximum absolute atomic E-state index is 4.95. The highest BCUT2D eigenvalue weighted by atomic mass is 79.9. The second kappa shape index (κ2) is 10.7. The van der Waals surface area contributed by atoms with Gasteiger partial charge in [-0.25, -0.2) is 15.0 Å². The minimum absolute atomic E-state index is 0.349. The molecule has 0 spiro atoms. The molecule has 1 aromatic heterocycles. The molecule has 4 aromatic carbocycles. The van der Waals surface area contributed by atoms with E-state index < -0.39 is 0 Å². The Hall–Kier alpha value is -4.15. The third kappa shape index (κ3) is 5.13. The van der Waals surface area contributed by atoms with Crippen LogP contribution in [-0.4, -0.2) is 15.0 Å². The Morgan fingerprint density at radius 1 is 0.579 bits per heavy atom. The first-order valence-corrected chi connectivity index (χ1v) is 13.6. The van der Waals surface area contributed by atoms with Crippen LogP contribution in [0, 0.1) is 5.92 Å². The van der Waals surface area contributed by atoms with Gasteiger partial charge in [-0.1, -0.05) is 132 Å². The average Bonchev–Trinajstić information content (AvgIpc) is 2.98. The van der Waals surface area contributed by atoms with E-state index >= 15 is 0 Å². The zero-order valence-electron chi connectivity index (χ0n) is 21.1. The van der Waals surface area contributed by atoms with Gasteiger partial charge in [0.2, 0.25) is 0 Å². The Balaban J connectivity index is 1.41. The van der Waals surface area contributed by atoms with Gasteiger partial charge in [0.1, 0.15) is 0 Å². The van der Waals surface area contributed by atoms with Crippen LogP contribution < -0.4 is 0 Å². The number of benzene rings is 4. The minimum atomic E-state index is 0.349. The Morgan fingerprint density at radius 2 is 1.11 bits per heavy atom. The summed E-state index contributed by atoms with van der Waals surface area (Å²) in [6, 6.07) is 35.6. The summed E-state index contributed by atoms with van der Waals surface area (Å²) in [6.07, 6.45) is 7.40. The molecule has 38 heavy (non-hydrogen) atoms. The fourth-order valence-corrected chi connectivity index (χ4v) is 5.13. The van der Waals surface area contributed by atoms with Crippen molar-refractivity contribution >= 4 is 21.5 Å². The molecule has 0 radical (unpaired) electrons. The van der Waals surface area contributed by atoms with Crippen LogP contribution in [-0.2, 0) is 0 Å². The highest BCUT2D eigenvalue weighted by Gasteiger charge is 2.18. The third-order valence-corrected chi connectivity index (χ3v) is 7.37. The number of hydrogen-bond acceptors (Lipinski definition) is 3. The number of allylic oxidation sites excluding steroid dienone is 4. The summed E-state index contributed by atoms with van der Waals surface area (Å²) in [5.74, 6) is 2.46. The molecule has 6 rings (SSSR count). The standard InChI is InChI=1S/C34H26BrN3/c1-23-8-5-6-13-31(23)34-37-32(27-18-14-25(15-19-27)24-9-3-2-4-10-24)36-33(38-34)28-20-16-26(17-21-28)29-11-7-12-30(35)22-29/h2-7,9-23H,8H2,1H3. The molecule has 0 saturated carbocycles. The van der Waals surface area contributed by atoms with Gasteiger partial charge in [-0.05, 0) is 46.7 Å². The van der Waals surface area contributed by atoms with Crippen LogP contribution in [0.5, 0.6) is 0 Å². The van der Waals surface area contributed by atoms with Gasteiger partial charge in [0.05, 0.1) is 0 Å². The number of halogens is 1. The van der Waals surface area contributed by atoms with Crippen molar-refractivity contribution in [2.24, 2.45) is 5.92 Å². The lowest BCUT2D eigenvalue weighted by Gasteiger charge is -2.17. The molecule has 0 aliphatic heterocycles. The van der Waals surface area contributed by atoms with Crippen molar-refractivity contribution < 1.29 is 0 Å². The van der Waals surface area contributed by atoms with Gasteiger partial charge in [-0.2, -0.15) is 0 Å². The average molecular weight is 557 g/mol. The van der Waals surface area contributed by atoms with E-state index in [-0.39, 0.29) is 0 Å². The summed E-state index contributed by atoms with van der Waals surface area (Å²) >= 11 is 3.57. The monoisotopic (exact) mass is 555 g/mol. The van der Waals surface area contributed by atoms with E-state index in [1.54, 1.807) is 0 Å². The van der Waals surface area contributed by atoms with Crippen molar-refractivity contribution in [2.75, 3.05) is 0 Å². The van der Waals surface area contributed by atoms with Crippen molar-refractivity contribution in [1.82, 2.24) is 15.0 Å². The summed E-state index contributed by atoms with van der Waals surface area (Å²) < 4.78 is 1.06. The minimum Gasteiger partial charge on any atom is -0.209 e. The zero-order valence-corrected chi connectivity index (χ0v) is 22.6. The number of rotatable bonds is 5. The molecule has 184 valence electrons. The van der Waals surface area contributed by atoms with Gasteiger partial charge >= 0.3 is 0 Å². The Bertz CT molecular complexity index is 1640. The Morgan fingerprint density at radius 3 is 1.71 bits per heavy atom. The van der Waals surface area contributed by atoms with Crippen molar-refractivity contribution in [1.29, 1.82) is 0 Å². The highest BCUT2D eigenvalue weighted by molar-refractivity contribution is 9.10. The van der Waals surface area contributed by atoms with Crippen LogP contribution in [0.25, 0.3) is 50.6 Å². The van der Waals surface area contributed by atoms with Gasteiger partial charge in [0, 0.05) is 21.2 Å². The maximum Gasteiger partial charge on any atom is 0.164 e. The van der Waals surface area contributed by atoms with Gasteiger partial charge in [-0.15, -0.1) is 0 Å². The van der Waals surface area contributed by atoms with Crippen molar-refractivity contribution in [3.63, 3.8) is 0 Å². The van der Waals surface area contributed by atoms with Gasteiger partial charge in [0.25, 0.3) is 0 Å². The maximum atomic E-state index is 4.95. The van der Waals surface area contributed by atoms with Gasteiger partial charge in [-0.3, -0.25) is 0 Å². The Kier molecular flexibility index (Phi) is 6.80. The smallest absolute Gasteiger partial charge is 0.164 e. The Labute approximate surface area is 231 Å². The highest BCUT2D eigenvalue weighted by Crippen LogP contribution is 2.31. The predicted octanol–water partition coefficient (Wildman–Crippen LogP) is 9.28. The van der Waals surface area contributed by atoms with Crippen molar-refractivity contribution in [2.45, 2.75) is 13.3 Å². The molecule has 1 heterocycles. The van der Waals surface area contributed by atoms with Crippen LogP contribution in [0.2, 0.25) is 0 Å². The van der Waals surface area contributed by atoms with E-state index in [1.165, 1.54) is 11.1 Å². The molecule has 0 saturated heterocycles. The summed E-state index contributed by atoms with van der Waals surface area (Å²) in [6.45, 7) is 2.22. The van der Waals surface area contributed by atoms with E-state index in [9.17, 15) is 0 Å². The fraction of sp³-hybridized carbons (Fsp3) is 0.0882. The summed E-state index contributed by atoms with van der Waals surface area (Å²) in [7, 11) is 0. The number of hydrogen-bond donors (Lipinski definition) is 0. The lowest BCUT2D eigenvalue weighted by Crippen LogP contribution is -2.08. The molecule has 0 fully saturated rings. The van der Waals surface area contributed by atoms with E-state index in [1.807, 2.05) is 12.1 Å². The first-order chi connectivity index (χ1) is 18.6. The fourth-order valence-electron chi connectivity index (χ4n) is 4.73. The molecule has 1 unspecified atom stereocenters.